The molecule has 0 radical (unpaired) electrons. The quantitative estimate of drug-likeness (QED) is 0.737. The van der Waals surface area contributed by atoms with E-state index < -0.39 is 0 Å². The first-order valence-corrected chi connectivity index (χ1v) is 7.85. The molecule has 0 spiro atoms. The summed E-state index contributed by atoms with van der Waals surface area (Å²) in [5, 5.41) is 6.76. The highest BCUT2D eigenvalue weighted by molar-refractivity contribution is 9.10. The predicted molar refractivity (Wildman–Crippen MR) is 87.4 cm³/mol. The Kier molecular flexibility index (Phi) is 4.26. The third kappa shape index (κ3) is 3.20. The first kappa shape index (κ1) is 14.8. The Bertz CT molecular complexity index is 802. The molecule has 3 rings (SSSR count). The first-order chi connectivity index (χ1) is 10.6. The van der Waals surface area contributed by atoms with Gasteiger partial charge in [-0.15, -0.1) is 5.10 Å². The van der Waals surface area contributed by atoms with Crippen LogP contribution in [0, 0.1) is 5.82 Å². The van der Waals surface area contributed by atoms with Crippen molar-refractivity contribution in [2.24, 2.45) is 0 Å². The maximum Gasteiger partial charge on any atom is 0.269 e. The zero-order valence-electron chi connectivity index (χ0n) is 11.1. The van der Waals surface area contributed by atoms with Crippen LogP contribution in [0.25, 0.3) is 11.3 Å². The lowest BCUT2D eigenvalue weighted by Crippen LogP contribution is -2.11. The Hall–Kier alpha value is -2.12. The van der Waals surface area contributed by atoms with Crippen LogP contribution in [0.15, 0.2) is 53.0 Å². The Morgan fingerprint density at radius 2 is 1.77 bits per heavy atom. The number of benzene rings is 2. The molecule has 0 saturated carbocycles. The lowest BCUT2D eigenvalue weighted by Gasteiger charge is -2.05. The molecule has 0 saturated heterocycles. The van der Waals surface area contributed by atoms with Crippen molar-refractivity contribution in [3.63, 3.8) is 0 Å². The molecule has 0 bridgehead atoms. The average Bonchev–Trinajstić information content (AvgIpc) is 3.00. The zero-order valence-corrected chi connectivity index (χ0v) is 13.5. The average molecular weight is 378 g/mol. The Morgan fingerprint density at radius 1 is 1.09 bits per heavy atom. The number of halogens is 2. The largest absolute Gasteiger partial charge is 0.321 e. The van der Waals surface area contributed by atoms with Crippen LogP contribution < -0.4 is 5.32 Å². The summed E-state index contributed by atoms with van der Waals surface area (Å²) in [7, 11) is 0. The van der Waals surface area contributed by atoms with Gasteiger partial charge in [-0.25, -0.2) is 4.39 Å². The molecule has 22 heavy (non-hydrogen) atoms. The number of carbonyl (C=O) groups is 1. The summed E-state index contributed by atoms with van der Waals surface area (Å²) in [6.45, 7) is 0. The van der Waals surface area contributed by atoms with Crippen molar-refractivity contribution in [2.75, 3.05) is 5.32 Å². The third-order valence-electron chi connectivity index (χ3n) is 2.91. The summed E-state index contributed by atoms with van der Waals surface area (Å²) in [4.78, 5) is 12.7. The molecule has 0 aliphatic heterocycles. The van der Waals surface area contributed by atoms with Gasteiger partial charge in [-0.3, -0.25) is 4.79 Å². The summed E-state index contributed by atoms with van der Waals surface area (Å²) < 4.78 is 17.7. The van der Waals surface area contributed by atoms with E-state index in [1.54, 1.807) is 24.3 Å². The highest BCUT2D eigenvalue weighted by Gasteiger charge is 2.18. The maximum atomic E-state index is 13.0. The maximum absolute atomic E-state index is 13.0. The van der Waals surface area contributed by atoms with Crippen molar-refractivity contribution in [3.8, 4) is 11.3 Å². The first-order valence-electron chi connectivity index (χ1n) is 6.29. The van der Waals surface area contributed by atoms with Crippen LogP contribution >= 0.6 is 27.5 Å². The molecule has 4 nitrogen and oxygen atoms in total. The van der Waals surface area contributed by atoms with Crippen LogP contribution in [0.1, 0.15) is 9.67 Å². The Morgan fingerprint density at radius 3 is 2.45 bits per heavy atom. The van der Waals surface area contributed by atoms with E-state index in [9.17, 15) is 9.18 Å². The van der Waals surface area contributed by atoms with E-state index in [0.717, 1.165) is 16.0 Å². The summed E-state index contributed by atoms with van der Waals surface area (Å²) in [6.07, 6.45) is 0. The molecule has 0 atom stereocenters. The van der Waals surface area contributed by atoms with Crippen LogP contribution in [0.5, 0.6) is 0 Å². The van der Waals surface area contributed by atoms with E-state index in [4.69, 9.17) is 0 Å². The van der Waals surface area contributed by atoms with Crippen molar-refractivity contribution in [1.29, 1.82) is 0 Å². The molecule has 110 valence electrons. The number of amides is 1. The molecule has 1 aromatic heterocycles. The number of carbonyl (C=O) groups excluding carboxylic acids is 1. The monoisotopic (exact) mass is 377 g/mol. The molecule has 3 aromatic rings. The van der Waals surface area contributed by atoms with Gasteiger partial charge >= 0.3 is 0 Å². The number of hydrogen-bond donors (Lipinski definition) is 1. The van der Waals surface area contributed by atoms with Crippen molar-refractivity contribution < 1.29 is 9.18 Å². The number of nitrogens with zero attached hydrogens (tertiary/aromatic N) is 2. The van der Waals surface area contributed by atoms with Gasteiger partial charge in [0, 0.05) is 15.7 Å². The molecule has 1 heterocycles. The van der Waals surface area contributed by atoms with E-state index in [1.165, 1.54) is 12.1 Å². The van der Waals surface area contributed by atoms with Crippen LogP contribution in [-0.4, -0.2) is 15.5 Å². The van der Waals surface area contributed by atoms with Gasteiger partial charge in [0.2, 0.25) is 0 Å². The van der Waals surface area contributed by atoms with Gasteiger partial charge in [-0.05, 0) is 60.1 Å². The van der Waals surface area contributed by atoms with Gasteiger partial charge in [-0.2, -0.15) is 0 Å². The van der Waals surface area contributed by atoms with Crippen molar-refractivity contribution in [2.45, 2.75) is 0 Å². The second kappa shape index (κ2) is 6.33. The highest BCUT2D eigenvalue weighted by Crippen LogP contribution is 2.25. The van der Waals surface area contributed by atoms with E-state index in [0.29, 0.717) is 21.8 Å². The molecule has 0 aliphatic carbocycles. The number of anilines is 1. The lowest BCUT2D eigenvalue weighted by molar-refractivity contribution is 0.103. The topological polar surface area (TPSA) is 54.9 Å². The highest BCUT2D eigenvalue weighted by atomic mass is 79.9. The normalized spacial score (nSPS) is 10.5. The Labute approximate surface area is 138 Å². The summed E-state index contributed by atoms with van der Waals surface area (Å²) in [5.41, 5.74) is 1.77. The van der Waals surface area contributed by atoms with Crippen molar-refractivity contribution in [1.82, 2.24) is 9.59 Å². The van der Waals surface area contributed by atoms with Gasteiger partial charge in [0.1, 0.15) is 16.4 Å². The van der Waals surface area contributed by atoms with Gasteiger partial charge in [0.15, 0.2) is 0 Å². The van der Waals surface area contributed by atoms with Gasteiger partial charge in [0.05, 0.1) is 0 Å². The fraction of sp³-hybridized carbons (Fsp3) is 0. The van der Waals surface area contributed by atoms with E-state index >= 15 is 0 Å². The van der Waals surface area contributed by atoms with Gasteiger partial charge in [0.25, 0.3) is 5.91 Å². The molecule has 1 amide bonds. The van der Waals surface area contributed by atoms with E-state index in [1.807, 2.05) is 12.1 Å². The van der Waals surface area contributed by atoms with Crippen LogP contribution in [0.4, 0.5) is 10.1 Å². The van der Waals surface area contributed by atoms with E-state index in [2.05, 4.69) is 30.8 Å². The molecule has 0 aliphatic rings. The standard InChI is InChI=1S/C15H9BrFN3OS/c16-10-3-7-12(8-4-10)18-15(21)14-13(19-20-22-14)9-1-5-11(17)6-2-9/h1-8H,(H,18,21). The molecule has 0 unspecified atom stereocenters. The SMILES string of the molecule is O=C(Nc1ccc(Br)cc1)c1snnc1-c1ccc(F)cc1. The summed E-state index contributed by atoms with van der Waals surface area (Å²) in [6, 6.07) is 13.0. The molecule has 2 aromatic carbocycles. The summed E-state index contributed by atoms with van der Waals surface area (Å²) in [5.74, 6) is -0.635. The molecular weight excluding hydrogens is 369 g/mol. The number of hydrogen-bond acceptors (Lipinski definition) is 4. The zero-order chi connectivity index (χ0) is 15.5. The molecule has 7 heteroatoms. The molecule has 0 fully saturated rings. The minimum Gasteiger partial charge on any atom is -0.321 e. The second-order valence-electron chi connectivity index (χ2n) is 4.42. The fourth-order valence-corrected chi connectivity index (χ4v) is 2.70. The number of aromatic nitrogens is 2. The van der Waals surface area contributed by atoms with Crippen LogP contribution in [-0.2, 0) is 0 Å². The lowest BCUT2D eigenvalue weighted by atomic mass is 10.1. The smallest absolute Gasteiger partial charge is 0.269 e. The number of rotatable bonds is 3. The predicted octanol–water partition coefficient (Wildman–Crippen LogP) is 4.36. The second-order valence-corrected chi connectivity index (χ2v) is 6.09. The van der Waals surface area contributed by atoms with E-state index in [-0.39, 0.29) is 11.7 Å². The van der Waals surface area contributed by atoms with Gasteiger partial charge in [-0.1, -0.05) is 20.4 Å². The van der Waals surface area contributed by atoms with Gasteiger partial charge < -0.3 is 5.32 Å². The Balaban J connectivity index is 1.86. The van der Waals surface area contributed by atoms with Crippen molar-refractivity contribution >= 4 is 39.1 Å². The molecular formula is C15H9BrFN3OS. The summed E-state index contributed by atoms with van der Waals surface area (Å²) >= 11 is 4.34. The number of nitrogens with one attached hydrogen (secondary N) is 1. The molecule has 1 N–H and O–H groups in total. The minimum absolute atomic E-state index is 0.295. The third-order valence-corrected chi connectivity index (χ3v) is 4.17. The fourth-order valence-electron chi connectivity index (χ4n) is 1.86. The minimum atomic E-state index is -0.340. The van der Waals surface area contributed by atoms with Crippen molar-refractivity contribution in [3.05, 3.63) is 63.7 Å². The van der Waals surface area contributed by atoms with Crippen LogP contribution in [0.2, 0.25) is 0 Å². The van der Waals surface area contributed by atoms with Crippen LogP contribution in [0.3, 0.4) is 0 Å².